The Bertz CT molecular complexity index is 613. The molecular formula is C15H23N3O3S. The van der Waals surface area contributed by atoms with E-state index in [-0.39, 0.29) is 16.7 Å². The van der Waals surface area contributed by atoms with Crippen LogP contribution in [-0.2, 0) is 21.4 Å². The molecule has 1 aromatic carbocycles. The van der Waals surface area contributed by atoms with Crippen molar-refractivity contribution in [2.75, 3.05) is 27.2 Å². The summed E-state index contributed by atoms with van der Waals surface area (Å²) in [5.74, 6) is 0.112. The zero-order valence-corrected chi connectivity index (χ0v) is 13.8. The van der Waals surface area contributed by atoms with Gasteiger partial charge in [0.1, 0.15) is 0 Å². The summed E-state index contributed by atoms with van der Waals surface area (Å²) in [6, 6.07) is 6.53. The van der Waals surface area contributed by atoms with Crippen LogP contribution in [0.1, 0.15) is 18.4 Å². The molecule has 122 valence electrons. The molecule has 1 aliphatic rings. The van der Waals surface area contributed by atoms with E-state index in [4.69, 9.17) is 0 Å². The first kappa shape index (κ1) is 16.9. The van der Waals surface area contributed by atoms with Gasteiger partial charge in [0.25, 0.3) is 0 Å². The predicted octanol–water partition coefficient (Wildman–Crippen LogP) is 0.553. The third kappa shape index (κ3) is 4.28. The van der Waals surface area contributed by atoms with Gasteiger partial charge in [-0.15, -0.1) is 0 Å². The summed E-state index contributed by atoms with van der Waals surface area (Å²) >= 11 is 0. The topological polar surface area (TPSA) is 78.5 Å². The number of hydrogen-bond donors (Lipinski definition) is 2. The van der Waals surface area contributed by atoms with E-state index < -0.39 is 10.0 Å². The average Bonchev–Trinajstić information content (AvgIpc) is 2.53. The van der Waals surface area contributed by atoms with E-state index in [1.165, 1.54) is 7.05 Å². The average molecular weight is 325 g/mol. The maximum absolute atomic E-state index is 12.1. The Morgan fingerprint density at radius 1 is 1.32 bits per heavy atom. The zero-order valence-electron chi connectivity index (χ0n) is 13.0. The van der Waals surface area contributed by atoms with Crippen LogP contribution in [0.2, 0.25) is 0 Å². The maximum atomic E-state index is 12.1. The van der Waals surface area contributed by atoms with Crippen molar-refractivity contribution in [1.29, 1.82) is 0 Å². The number of benzene rings is 1. The minimum Gasteiger partial charge on any atom is -0.352 e. The van der Waals surface area contributed by atoms with Crippen molar-refractivity contribution in [2.24, 2.45) is 5.92 Å². The first-order valence-electron chi connectivity index (χ1n) is 7.41. The number of carbonyl (C=O) groups is 1. The van der Waals surface area contributed by atoms with Crippen molar-refractivity contribution in [3.63, 3.8) is 0 Å². The van der Waals surface area contributed by atoms with E-state index in [1.807, 2.05) is 7.05 Å². The number of nitrogens with zero attached hydrogens (tertiary/aromatic N) is 1. The van der Waals surface area contributed by atoms with Gasteiger partial charge in [0, 0.05) is 13.1 Å². The van der Waals surface area contributed by atoms with Crippen LogP contribution in [-0.4, -0.2) is 46.4 Å². The first-order valence-corrected chi connectivity index (χ1v) is 8.89. The molecule has 0 bridgehead atoms. The Kier molecular flexibility index (Phi) is 5.55. The van der Waals surface area contributed by atoms with Crippen LogP contribution < -0.4 is 10.0 Å². The summed E-state index contributed by atoms with van der Waals surface area (Å²) in [5.41, 5.74) is 0.882. The van der Waals surface area contributed by atoms with Crippen LogP contribution in [0, 0.1) is 5.92 Å². The van der Waals surface area contributed by atoms with Gasteiger partial charge in [-0.25, -0.2) is 13.1 Å². The highest BCUT2D eigenvalue weighted by Gasteiger charge is 2.23. The first-order chi connectivity index (χ1) is 10.4. The van der Waals surface area contributed by atoms with Gasteiger partial charge in [-0.05, 0) is 51.2 Å². The molecule has 7 heteroatoms. The molecule has 1 amide bonds. The summed E-state index contributed by atoms with van der Waals surface area (Å²) in [6.45, 7) is 2.26. The molecule has 1 heterocycles. The molecule has 22 heavy (non-hydrogen) atoms. The summed E-state index contributed by atoms with van der Waals surface area (Å²) in [5, 5.41) is 2.93. The van der Waals surface area contributed by atoms with Gasteiger partial charge in [-0.3, -0.25) is 4.79 Å². The molecule has 2 N–H and O–H groups in total. The monoisotopic (exact) mass is 325 g/mol. The predicted molar refractivity (Wildman–Crippen MR) is 84.8 cm³/mol. The summed E-state index contributed by atoms with van der Waals surface area (Å²) in [4.78, 5) is 14.5. The molecule has 0 saturated carbocycles. The third-order valence-corrected chi connectivity index (χ3v) is 5.39. The second-order valence-corrected chi connectivity index (χ2v) is 7.56. The fourth-order valence-corrected chi connectivity index (χ4v) is 3.35. The molecule has 1 aromatic rings. The van der Waals surface area contributed by atoms with Crippen LogP contribution in [0.4, 0.5) is 0 Å². The van der Waals surface area contributed by atoms with Crippen molar-refractivity contribution in [3.8, 4) is 0 Å². The number of rotatable bonds is 5. The van der Waals surface area contributed by atoms with E-state index >= 15 is 0 Å². The van der Waals surface area contributed by atoms with Gasteiger partial charge < -0.3 is 10.2 Å². The van der Waals surface area contributed by atoms with Crippen molar-refractivity contribution in [1.82, 2.24) is 14.9 Å². The highest BCUT2D eigenvalue weighted by Crippen LogP contribution is 2.15. The van der Waals surface area contributed by atoms with Gasteiger partial charge >= 0.3 is 0 Å². The van der Waals surface area contributed by atoms with Crippen LogP contribution in [0.3, 0.4) is 0 Å². The van der Waals surface area contributed by atoms with E-state index in [9.17, 15) is 13.2 Å². The van der Waals surface area contributed by atoms with Crippen LogP contribution in [0.5, 0.6) is 0 Å². The Morgan fingerprint density at radius 2 is 2.00 bits per heavy atom. The van der Waals surface area contributed by atoms with Crippen molar-refractivity contribution < 1.29 is 13.2 Å². The normalized spacial score (nSPS) is 19.8. The lowest BCUT2D eigenvalue weighted by molar-refractivity contribution is -0.126. The highest BCUT2D eigenvalue weighted by atomic mass is 32.2. The summed E-state index contributed by atoms with van der Waals surface area (Å²) < 4.78 is 25.5. The number of sulfonamides is 1. The number of hydrogen-bond acceptors (Lipinski definition) is 4. The Morgan fingerprint density at radius 3 is 2.59 bits per heavy atom. The van der Waals surface area contributed by atoms with E-state index in [1.54, 1.807) is 24.3 Å². The van der Waals surface area contributed by atoms with Gasteiger partial charge in [0.05, 0.1) is 10.8 Å². The van der Waals surface area contributed by atoms with Gasteiger partial charge in [-0.2, -0.15) is 0 Å². The molecule has 6 nitrogen and oxygen atoms in total. The number of amides is 1. The molecule has 1 atom stereocenters. The molecular weight excluding hydrogens is 302 g/mol. The van der Waals surface area contributed by atoms with Crippen molar-refractivity contribution in [2.45, 2.75) is 24.3 Å². The second kappa shape index (κ2) is 7.21. The number of nitrogens with one attached hydrogen (secondary N) is 2. The Hall–Kier alpha value is -1.44. The second-order valence-electron chi connectivity index (χ2n) is 5.67. The molecule has 0 aromatic heterocycles. The van der Waals surface area contributed by atoms with Gasteiger partial charge in [-0.1, -0.05) is 12.1 Å². The molecule has 0 spiro atoms. The molecule has 1 fully saturated rings. The Balaban J connectivity index is 1.90. The largest absolute Gasteiger partial charge is 0.352 e. The molecule has 1 saturated heterocycles. The Labute approximate surface area is 131 Å². The zero-order chi connectivity index (χ0) is 16.2. The van der Waals surface area contributed by atoms with Crippen LogP contribution in [0.15, 0.2) is 29.2 Å². The lowest BCUT2D eigenvalue weighted by Crippen LogP contribution is -2.41. The molecule has 2 rings (SSSR count). The number of piperidine rings is 1. The van der Waals surface area contributed by atoms with Crippen molar-refractivity contribution in [3.05, 3.63) is 29.8 Å². The minimum absolute atomic E-state index is 0.0442. The quantitative estimate of drug-likeness (QED) is 0.829. The molecule has 0 unspecified atom stereocenters. The van der Waals surface area contributed by atoms with E-state index in [2.05, 4.69) is 14.9 Å². The fourth-order valence-electron chi connectivity index (χ4n) is 2.62. The lowest BCUT2D eigenvalue weighted by Gasteiger charge is -2.28. The molecule has 0 aliphatic carbocycles. The SMILES string of the molecule is CNS(=O)(=O)c1ccc(CNC(=O)[C@H]2CCCN(C)C2)cc1. The standard InChI is InChI=1S/C15H23N3O3S/c1-16-22(20,21)14-7-5-12(6-8-14)10-17-15(19)13-4-3-9-18(2)11-13/h5-8,13,16H,3-4,9-11H2,1-2H3,(H,17,19)/t13-/m0/s1. The number of carbonyl (C=O) groups excluding carboxylic acids is 1. The van der Waals surface area contributed by atoms with Crippen LogP contribution >= 0.6 is 0 Å². The highest BCUT2D eigenvalue weighted by molar-refractivity contribution is 7.89. The summed E-state index contributed by atoms with van der Waals surface area (Å²) in [7, 11) is -0.00459. The molecule has 0 radical (unpaired) electrons. The fraction of sp³-hybridized carbons (Fsp3) is 0.533. The maximum Gasteiger partial charge on any atom is 0.240 e. The van der Waals surface area contributed by atoms with Gasteiger partial charge in [0.2, 0.25) is 15.9 Å². The van der Waals surface area contributed by atoms with E-state index in [0.717, 1.165) is 31.5 Å². The van der Waals surface area contributed by atoms with E-state index in [0.29, 0.717) is 6.54 Å². The van der Waals surface area contributed by atoms with Crippen molar-refractivity contribution >= 4 is 15.9 Å². The minimum atomic E-state index is -3.41. The smallest absolute Gasteiger partial charge is 0.240 e. The van der Waals surface area contributed by atoms with Gasteiger partial charge in [0.15, 0.2) is 0 Å². The lowest BCUT2D eigenvalue weighted by atomic mass is 9.97. The third-order valence-electron chi connectivity index (χ3n) is 3.96. The number of likely N-dealkylation sites (tertiary alicyclic amines) is 1. The van der Waals surface area contributed by atoms with Crippen LogP contribution in [0.25, 0.3) is 0 Å². The summed E-state index contributed by atoms with van der Waals surface area (Å²) in [6.07, 6.45) is 1.97. The molecule has 1 aliphatic heterocycles.